The summed E-state index contributed by atoms with van der Waals surface area (Å²) in [5.41, 5.74) is 1.77. The highest BCUT2D eigenvalue weighted by molar-refractivity contribution is 5.89. The van der Waals surface area contributed by atoms with Gasteiger partial charge in [-0.15, -0.1) is 0 Å². The number of nitro benzene ring substituents is 1. The van der Waals surface area contributed by atoms with Crippen molar-refractivity contribution in [2.24, 2.45) is 0 Å². The molecule has 0 atom stereocenters. The zero-order chi connectivity index (χ0) is 18.1. The fourth-order valence-electron chi connectivity index (χ4n) is 2.37. The Morgan fingerprint density at radius 2 is 1.80 bits per heavy atom. The second-order valence-corrected chi connectivity index (χ2v) is 5.76. The average molecular weight is 342 g/mol. The van der Waals surface area contributed by atoms with E-state index in [1.807, 2.05) is 25.2 Å². The molecule has 2 aromatic carbocycles. The molecule has 0 aliphatic rings. The first-order chi connectivity index (χ1) is 12.0. The van der Waals surface area contributed by atoms with Crippen LogP contribution in [0, 0.1) is 10.1 Å². The van der Waals surface area contributed by atoms with Crippen molar-refractivity contribution in [2.45, 2.75) is 13.0 Å². The number of amides is 2. The Morgan fingerprint density at radius 1 is 1.12 bits per heavy atom. The molecule has 7 heteroatoms. The van der Waals surface area contributed by atoms with Gasteiger partial charge >= 0.3 is 6.03 Å². The summed E-state index contributed by atoms with van der Waals surface area (Å²) in [6, 6.07) is 15.6. The molecule has 0 saturated heterocycles. The van der Waals surface area contributed by atoms with E-state index in [-0.39, 0.29) is 11.7 Å². The average Bonchev–Trinajstić information content (AvgIpc) is 2.60. The van der Waals surface area contributed by atoms with E-state index in [4.69, 9.17) is 0 Å². The predicted octanol–water partition coefficient (Wildman–Crippen LogP) is 3.24. The normalized spacial score (nSPS) is 10.5. The van der Waals surface area contributed by atoms with Gasteiger partial charge < -0.3 is 15.5 Å². The van der Waals surface area contributed by atoms with E-state index < -0.39 is 4.92 Å². The minimum absolute atomic E-state index is 0.00703. The van der Waals surface area contributed by atoms with Gasteiger partial charge in [-0.3, -0.25) is 10.1 Å². The fourth-order valence-corrected chi connectivity index (χ4v) is 2.37. The Hall–Kier alpha value is -2.93. The van der Waals surface area contributed by atoms with E-state index in [1.54, 1.807) is 0 Å². The predicted molar refractivity (Wildman–Crippen MR) is 97.5 cm³/mol. The third kappa shape index (κ3) is 6.60. The lowest BCUT2D eigenvalue weighted by atomic mass is 10.2. The van der Waals surface area contributed by atoms with Crippen LogP contribution in [-0.4, -0.2) is 36.0 Å². The van der Waals surface area contributed by atoms with Crippen LogP contribution in [0.2, 0.25) is 0 Å². The number of anilines is 1. The summed E-state index contributed by atoms with van der Waals surface area (Å²) in [5.74, 6) is 0. The number of nitro groups is 1. The van der Waals surface area contributed by atoms with Crippen molar-refractivity contribution in [1.82, 2.24) is 10.2 Å². The summed E-state index contributed by atoms with van der Waals surface area (Å²) in [4.78, 5) is 24.1. The van der Waals surface area contributed by atoms with E-state index >= 15 is 0 Å². The van der Waals surface area contributed by atoms with E-state index in [0.717, 1.165) is 19.5 Å². The number of benzene rings is 2. The molecule has 2 N–H and O–H groups in total. The lowest BCUT2D eigenvalue weighted by Crippen LogP contribution is -2.31. The molecular weight excluding hydrogens is 320 g/mol. The first-order valence-electron chi connectivity index (χ1n) is 8.06. The van der Waals surface area contributed by atoms with Crippen molar-refractivity contribution in [3.63, 3.8) is 0 Å². The number of carbonyl (C=O) groups excluding carboxylic acids is 1. The van der Waals surface area contributed by atoms with Crippen molar-refractivity contribution in [2.75, 3.05) is 25.5 Å². The lowest BCUT2D eigenvalue weighted by Gasteiger charge is -2.16. The SMILES string of the molecule is CN(CCCNC(=O)Nc1ccc([N+](=O)[O-])cc1)Cc1ccccc1. The molecule has 2 amide bonds. The molecule has 25 heavy (non-hydrogen) atoms. The summed E-state index contributed by atoms with van der Waals surface area (Å²) in [5, 5.41) is 16.0. The smallest absolute Gasteiger partial charge is 0.319 e. The molecule has 0 radical (unpaired) electrons. The molecule has 2 aromatic rings. The minimum atomic E-state index is -0.476. The number of nitrogens with one attached hydrogen (secondary N) is 2. The van der Waals surface area contributed by atoms with E-state index in [0.29, 0.717) is 12.2 Å². The zero-order valence-corrected chi connectivity index (χ0v) is 14.1. The van der Waals surface area contributed by atoms with Gasteiger partial charge in [0.15, 0.2) is 0 Å². The zero-order valence-electron chi connectivity index (χ0n) is 14.1. The number of nitrogens with zero attached hydrogens (tertiary/aromatic N) is 2. The Kier molecular flexibility index (Phi) is 6.91. The van der Waals surface area contributed by atoms with Crippen LogP contribution in [0.4, 0.5) is 16.2 Å². The van der Waals surface area contributed by atoms with Crippen LogP contribution < -0.4 is 10.6 Å². The van der Waals surface area contributed by atoms with Crippen LogP contribution in [0.15, 0.2) is 54.6 Å². The maximum Gasteiger partial charge on any atom is 0.319 e. The summed E-state index contributed by atoms with van der Waals surface area (Å²) < 4.78 is 0. The second-order valence-electron chi connectivity index (χ2n) is 5.76. The number of hydrogen-bond acceptors (Lipinski definition) is 4. The monoisotopic (exact) mass is 342 g/mol. The second kappa shape index (κ2) is 9.39. The lowest BCUT2D eigenvalue weighted by molar-refractivity contribution is -0.384. The molecule has 0 unspecified atom stereocenters. The number of carbonyl (C=O) groups is 1. The molecule has 0 aliphatic carbocycles. The van der Waals surface area contributed by atoms with Crippen molar-refractivity contribution < 1.29 is 9.72 Å². The standard InChI is InChI=1S/C18H22N4O3/c1-21(14-15-6-3-2-4-7-15)13-5-12-19-18(23)20-16-8-10-17(11-9-16)22(24)25/h2-4,6-11H,5,12-14H2,1H3,(H2,19,20,23). The Bertz CT molecular complexity index is 689. The van der Waals surface area contributed by atoms with Crippen molar-refractivity contribution in [3.05, 3.63) is 70.3 Å². The number of rotatable bonds is 8. The van der Waals surface area contributed by atoms with Crippen LogP contribution in [-0.2, 0) is 6.54 Å². The van der Waals surface area contributed by atoms with Gasteiger partial charge in [0.2, 0.25) is 0 Å². The molecule has 7 nitrogen and oxygen atoms in total. The molecule has 0 bridgehead atoms. The molecule has 0 fully saturated rings. The summed E-state index contributed by atoms with van der Waals surface area (Å²) in [7, 11) is 2.05. The first-order valence-corrected chi connectivity index (χ1v) is 8.06. The van der Waals surface area contributed by atoms with Gasteiger partial charge in [-0.1, -0.05) is 30.3 Å². The van der Waals surface area contributed by atoms with Crippen LogP contribution in [0.1, 0.15) is 12.0 Å². The van der Waals surface area contributed by atoms with Crippen molar-refractivity contribution >= 4 is 17.4 Å². The summed E-state index contributed by atoms with van der Waals surface area (Å²) in [6.07, 6.45) is 0.830. The van der Waals surface area contributed by atoms with E-state index in [2.05, 4.69) is 27.7 Å². The number of non-ortho nitro benzene ring substituents is 1. The molecule has 0 spiro atoms. The van der Waals surface area contributed by atoms with Crippen molar-refractivity contribution in [3.8, 4) is 0 Å². The van der Waals surface area contributed by atoms with Gasteiger partial charge in [-0.05, 0) is 37.7 Å². The molecule has 0 heterocycles. The van der Waals surface area contributed by atoms with E-state index in [1.165, 1.54) is 29.8 Å². The number of hydrogen-bond donors (Lipinski definition) is 2. The maximum absolute atomic E-state index is 11.8. The van der Waals surface area contributed by atoms with Gasteiger partial charge in [0.05, 0.1) is 4.92 Å². The largest absolute Gasteiger partial charge is 0.338 e. The minimum Gasteiger partial charge on any atom is -0.338 e. The quantitative estimate of drug-likeness (QED) is 0.438. The van der Waals surface area contributed by atoms with Crippen LogP contribution >= 0.6 is 0 Å². The van der Waals surface area contributed by atoms with Crippen LogP contribution in [0.25, 0.3) is 0 Å². The van der Waals surface area contributed by atoms with Gasteiger partial charge in [0.25, 0.3) is 5.69 Å². The van der Waals surface area contributed by atoms with Crippen molar-refractivity contribution in [1.29, 1.82) is 0 Å². The number of urea groups is 1. The Balaban J connectivity index is 1.64. The molecule has 0 saturated carbocycles. The van der Waals surface area contributed by atoms with E-state index in [9.17, 15) is 14.9 Å². The molecule has 2 rings (SSSR count). The fraction of sp³-hybridized carbons (Fsp3) is 0.278. The maximum atomic E-state index is 11.8. The Labute approximate surface area is 146 Å². The van der Waals surface area contributed by atoms with Crippen LogP contribution in [0.5, 0.6) is 0 Å². The van der Waals surface area contributed by atoms with Gasteiger partial charge in [-0.2, -0.15) is 0 Å². The molecular formula is C18H22N4O3. The first kappa shape index (κ1) is 18.4. The van der Waals surface area contributed by atoms with Gasteiger partial charge in [0.1, 0.15) is 0 Å². The van der Waals surface area contributed by atoms with Gasteiger partial charge in [-0.25, -0.2) is 4.79 Å². The topological polar surface area (TPSA) is 87.5 Å². The third-order valence-corrected chi connectivity index (χ3v) is 3.63. The Morgan fingerprint density at radius 3 is 2.44 bits per heavy atom. The molecule has 0 aromatic heterocycles. The summed E-state index contributed by atoms with van der Waals surface area (Å²) >= 11 is 0. The highest BCUT2D eigenvalue weighted by Gasteiger charge is 2.06. The molecule has 0 aliphatic heterocycles. The highest BCUT2D eigenvalue weighted by Crippen LogP contribution is 2.15. The van der Waals surface area contributed by atoms with Gasteiger partial charge in [0, 0.05) is 30.9 Å². The highest BCUT2D eigenvalue weighted by atomic mass is 16.6. The van der Waals surface area contributed by atoms with Crippen LogP contribution in [0.3, 0.4) is 0 Å². The molecule has 132 valence electrons. The third-order valence-electron chi connectivity index (χ3n) is 3.63. The summed E-state index contributed by atoms with van der Waals surface area (Å²) in [6.45, 7) is 2.29.